The molecule has 0 atom stereocenters. The number of nitrogens with one attached hydrogen (secondary N) is 1. The van der Waals surface area contributed by atoms with Crippen LogP contribution in [0.25, 0.3) is 0 Å². The molecule has 4 nitrogen and oxygen atoms in total. The Morgan fingerprint density at radius 3 is 2.55 bits per heavy atom. The van der Waals surface area contributed by atoms with Gasteiger partial charge in [-0.3, -0.25) is 4.79 Å². The topological polar surface area (TPSA) is 41.6 Å². The zero-order chi connectivity index (χ0) is 14.6. The smallest absolute Gasteiger partial charge is 0.378 e. The lowest BCUT2D eigenvalue weighted by molar-refractivity contribution is -0.173. The van der Waals surface area contributed by atoms with Crippen LogP contribution < -0.4 is 10.2 Å². The first kappa shape index (κ1) is 14.6. The minimum absolute atomic E-state index is 0.147. The highest BCUT2D eigenvalue weighted by Gasteiger charge is 2.38. The molecule has 0 aromatic heterocycles. The van der Waals surface area contributed by atoms with Crippen LogP contribution in [0.15, 0.2) is 24.3 Å². The quantitative estimate of drug-likeness (QED) is 0.920. The van der Waals surface area contributed by atoms with Crippen molar-refractivity contribution in [3.63, 3.8) is 0 Å². The van der Waals surface area contributed by atoms with Crippen molar-refractivity contribution in [2.45, 2.75) is 12.7 Å². The summed E-state index contributed by atoms with van der Waals surface area (Å²) in [5.74, 6) is -1.92. The van der Waals surface area contributed by atoms with Crippen LogP contribution in [-0.4, -0.2) is 38.4 Å². The van der Waals surface area contributed by atoms with Gasteiger partial charge in [-0.2, -0.15) is 13.2 Å². The lowest BCUT2D eigenvalue weighted by atomic mass is 10.1. The molecular weight excluding hydrogens is 273 g/mol. The summed E-state index contributed by atoms with van der Waals surface area (Å²) in [6.07, 6.45) is -4.85. The average Bonchev–Trinajstić information content (AvgIpc) is 2.45. The van der Waals surface area contributed by atoms with Crippen molar-refractivity contribution in [1.29, 1.82) is 0 Å². The summed E-state index contributed by atoms with van der Waals surface area (Å²) in [7, 11) is 0. The molecule has 1 aromatic rings. The van der Waals surface area contributed by atoms with Gasteiger partial charge in [-0.1, -0.05) is 18.2 Å². The fraction of sp³-hybridized carbons (Fsp3) is 0.462. The zero-order valence-electron chi connectivity index (χ0n) is 10.7. The number of carbonyl (C=O) groups is 1. The van der Waals surface area contributed by atoms with E-state index in [9.17, 15) is 18.0 Å². The van der Waals surface area contributed by atoms with Gasteiger partial charge in [0.05, 0.1) is 13.2 Å². The highest BCUT2D eigenvalue weighted by atomic mass is 19.4. The standard InChI is InChI=1S/C13H15F3N2O2/c14-13(15,16)12(19)17-9-10-3-1-2-4-11(10)18-5-7-20-8-6-18/h1-4H,5-9H2,(H,17,19). The Kier molecular flexibility index (Phi) is 4.49. The lowest BCUT2D eigenvalue weighted by Crippen LogP contribution is -2.38. The Hall–Kier alpha value is -1.76. The molecule has 1 fully saturated rings. The number of alkyl halides is 3. The number of morpholine rings is 1. The molecule has 2 rings (SSSR count). The van der Waals surface area contributed by atoms with Gasteiger partial charge in [0.2, 0.25) is 0 Å². The van der Waals surface area contributed by atoms with E-state index in [1.54, 1.807) is 12.1 Å². The van der Waals surface area contributed by atoms with Crippen LogP contribution >= 0.6 is 0 Å². The van der Waals surface area contributed by atoms with Gasteiger partial charge in [-0.25, -0.2) is 0 Å². The predicted molar refractivity (Wildman–Crippen MR) is 67.4 cm³/mol. The molecule has 1 aliphatic heterocycles. The molecule has 0 saturated carbocycles. The highest BCUT2D eigenvalue weighted by molar-refractivity contribution is 5.81. The van der Waals surface area contributed by atoms with Gasteiger partial charge in [-0.15, -0.1) is 0 Å². The van der Waals surface area contributed by atoms with Crippen LogP contribution in [0.2, 0.25) is 0 Å². The molecule has 1 aromatic carbocycles. The first-order chi connectivity index (χ1) is 9.48. The second-order valence-electron chi connectivity index (χ2n) is 4.41. The van der Waals surface area contributed by atoms with E-state index in [4.69, 9.17) is 4.74 Å². The number of halogens is 3. The van der Waals surface area contributed by atoms with E-state index in [0.29, 0.717) is 31.9 Å². The van der Waals surface area contributed by atoms with Crippen molar-refractivity contribution in [3.8, 4) is 0 Å². The fourth-order valence-electron chi connectivity index (χ4n) is 2.05. The maximum atomic E-state index is 12.2. The van der Waals surface area contributed by atoms with Gasteiger partial charge < -0.3 is 15.0 Å². The Balaban J connectivity index is 2.06. The van der Waals surface area contributed by atoms with Gasteiger partial charge in [0.1, 0.15) is 0 Å². The molecule has 1 saturated heterocycles. The first-order valence-electron chi connectivity index (χ1n) is 6.24. The Morgan fingerprint density at radius 2 is 1.90 bits per heavy atom. The van der Waals surface area contributed by atoms with Crippen LogP contribution in [0.4, 0.5) is 18.9 Å². The fourth-order valence-corrected chi connectivity index (χ4v) is 2.05. The van der Waals surface area contributed by atoms with E-state index in [0.717, 1.165) is 5.69 Å². The molecule has 20 heavy (non-hydrogen) atoms. The Morgan fingerprint density at radius 1 is 1.25 bits per heavy atom. The monoisotopic (exact) mass is 288 g/mol. The van der Waals surface area contributed by atoms with Crippen molar-refractivity contribution in [2.24, 2.45) is 0 Å². The maximum Gasteiger partial charge on any atom is 0.471 e. The number of para-hydroxylation sites is 1. The second kappa shape index (κ2) is 6.13. The molecule has 1 N–H and O–H groups in total. The average molecular weight is 288 g/mol. The van der Waals surface area contributed by atoms with Crippen molar-refractivity contribution in [1.82, 2.24) is 5.32 Å². The van der Waals surface area contributed by atoms with E-state index in [-0.39, 0.29) is 6.54 Å². The van der Waals surface area contributed by atoms with E-state index in [1.807, 2.05) is 22.3 Å². The Bertz CT molecular complexity index is 471. The molecule has 0 aliphatic carbocycles. The number of hydrogen-bond donors (Lipinski definition) is 1. The van der Waals surface area contributed by atoms with Gasteiger partial charge in [-0.05, 0) is 11.6 Å². The summed E-state index contributed by atoms with van der Waals surface area (Å²) < 4.78 is 41.7. The summed E-state index contributed by atoms with van der Waals surface area (Å²) >= 11 is 0. The van der Waals surface area contributed by atoms with Crippen LogP contribution in [0, 0.1) is 0 Å². The van der Waals surface area contributed by atoms with Crippen LogP contribution in [0.5, 0.6) is 0 Å². The van der Waals surface area contributed by atoms with Gasteiger partial charge in [0, 0.05) is 25.3 Å². The molecular formula is C13H15F3N2O2. The predicted octanol–water partition coefficient (Wildman–Crippen LogP) is 1.70. The lowest BCUT2D eigenvalue weighted by Gasteiger charge is -2.30. The number of nitrogens with zero attached hydrogens (tertiary/aromatic N) is 1. The highest BCUT2D eigenvalue weighted by Crippen LogP contribution is 2.22. The van der Waals surface area contributed by atoms with Gasteiger partial charge in [0.15, 0.2) is 0 Å². The number of carbonyl (C=O) groups excluding carboxylic acids is 1. The zero-order valence-corrected chi connectivity index (χ0v) is 10.7. The van der Waals surface area contributed by atoms with E-state index >= 15 is 0 Å². The summed E-state index contributed by atoms with van der Waals surface area (Å²) in [5.41, 5.74) is 1.49. The van der Waals surface area contributed by atoms with Crippen LogP contribution in [0.3, 0.4) is 0 Å². The first-order valence-corrected chi connectivity index (χ1v) is 6.24. The van der Waals surface area contributed by atoms with E-state index in [2.05, 4.69) is 0 Å². The normalized spacial score (nSPS) is 16.1. The minimum Gasteiger partial charge on any atom is -0.378 e. The molecule has 0 unspecified atom stereocenters. The van der Waals surface area contributed by atoms with Gasteiger partial charge in [0.25, 0.3) is 0 Å². The summed E-state index contributed by atoms with van der Waals surface area (Å²) in [6.45, 7) is 2.40. The Labute approximate surface area is 114 Å². The number of anilines is 1. The van der Waals surface area contributed by atoms with Crippen molar-refractivity contribution in [2.75, 3.05) is 31.2 Å². The van der Waals surface area contributed by atoms with E-state index < -0.39 is 12.1 Å². The van der Waals surface area contributed by atoms with Crippen LogP contribution in [0.1, 0.15) is 5.56 Å². The summed E-state index contributed by atoms with van der Waals surface area (Å²) in [6, 6.07) is 7.10. The third kappa shape index (κ3) is 3.63. The molecule has 110 valence electrons. The molecule has 0 bridgehead atoms. The van der Waals surface area contributed by atoms with Crippen molar-refractivity contribution in [3.05, 3.63) is 29.8 Å². The third-order valence-corrected chi connectivity index (χ3v) is 3.04. The third-order valence-electron chi connectivity index (χ3n) is 3.04. The van der Waals surface area contributed by atoms with Gasteiger partial charge >= 0.3 is 12.1 Å². The number of benzene rings is 1. The summed E-state index contributed by atoms with van der Waals surface area (Å²) in [5, 5.41) is 1.90. The second-order valence-corrected chi connectivity index (χ2v) is 4.41. The number of amides is 1. The minimum atomic E-state index is -4.85. The largest absolute Gasteiger partial charge is 0.471 e. The van der Waals surface area contributed by atoms with Crippen LogP contribution in [-0.2, 0) is 16.1 Å². The van der Waals surface area contributed by atoms with Crippen molar-refractivity contribution >= 4 is 11.6 Å². The molecule has 1 aliphatic rings. The van der Waals surface area contributed by atoms with Crippen molar-refractivity contribution < 1.29 is 22.7 Å². The molecule has 0 spiro atoms. The molecule has 1 heterocycles. The number of hydrogen-bond acceptors (Lipinski definition) is 3. The number of ether oxygens (including phenoxy) is 1. The summed E-state index contributed by atoms with van der Waals surface area (Å²) in [4.78, 5) is 12.9. The molecule has 1 amide bonds. The van der Waals surface area contributed by atoms with E-state index in [1.165, 1.54) is 0 Å². The number of rotatable bonds is 3. The maximum absolute atomic E-state index is 12.2. The SMILES string of the molecule is O=C(NCc1ccccc1N1CCOCC1)C(F)(F)F. The molecule has 7 heteroatoms. The molecule has 0 radical (unpaired) electrons.